The number of aromatic nitrogens is 1. The van der Waals surface area contributed by atoms with Crippen molar-refractivity contribution in [3.63, 3.8) is 0 Å². The number of aryl methyl sites for hydroxylation is 1. The molecule has 0 unspecified atom stereocenters. The van der Waals surface area contributed by atoms with E-state index in [1.54, 1.807) is 0 Å². The predicted octanol–water partition coefficient (Wildman–Crippen LogP) is 4.38. The Morgan fingerprint density at radius 2 is 2.12 bits per heavy atom. The van der Waals surface area contributed by atoms with Crippen molar-refractivity contribution in [3.05, 3.63) is 41.0 Å². The van der Waals surface area contributed by atoms with E-state index < -0.39 is 5.97 Å². The normalized spacial score (nSPS) is 14.8. The van der Waals surface area contributed by atoms with Crippen LogP contribution in [0.4, 0.5) is 0 Å². The fraction of sp³-hybridized carbons (Fsp3) is 0.500. The third-order valence-corrected chi connectivity index (χ3v) is 5.28. The van der Waals surface area contributed by atoms with Gasteiger partial charge in [-0.25, -0.2) is 4.98 Å². The van der Waals surface area contributed by atoms with Gasteiger partial charge in [0.25, 0.3) is 0 Å². The topological polar surface area (TPSA) is 76.5 Å². The van der Waals surface area contributed by atoms with Crippen LogP contribution in [-0.4, -0.2) is 27.6 Å². The lowest BCUT2D eigenvalue weighted by atomic mass is 9.89. The molecule has 1 aliphatic carbocycles. The van der Waals surface area contributed by atoms with E-state index in [2.05, 4.69) is 11.8 Å². The van der Waals surface area contributed by atoms with Gasteiger partial charge in [-0.05, 0) is 37.8 Å². The van der Waals surface area contributed by atoms with Crippen molar-refractivity contribution in [2.24, 2.45) is 0 Å². The van der Waals surface area contributed by atoms with Crippen LogP contribution in [0.5, 0.6) is 0 Å². The van der Waals surface area contributed by atoms with Crippen LogP contribution in [0.2, 0.25) is 0 Å². The first kappa shape index (κ1) is 18.7. The number of rotatable bonds is 6. The van der Waals surface area contributed by atoms with Gasteiger partial charge < -0.3 is 13.9 Å². The molecule has 0 radical (unpaired) electrons. The summed E-state index contributed by atoms with van der Waals surface area (Å²) in [5.74, 6) is 9.12. The smallest absolute Gasteiger partial charge is 0.313 e. The molecule has 0 aliphatic heterocycles. The van der Waals surface area contributed by atoms with Gasteiger partial charge in [0, 0.05) is 5.92 Å². The lowest BCUT2D eigenvalue weighted by Gasteiger charge is -2.17. The van der Waals surface area contributed by atoms with Crippen LogP contribution in [0.15, 0.2) is 21.0 Å². The summed E-state index contributed by atoms with van der Waals surface area (Å²) in [6.07, 6.45) is 6.75. The highest BCUT2D eigenvalue weighted by Crippen LogP contribution is 2.33. The lowest BCUT2D eigenvalue weighted by molar-refractivity contribution is -0.133. The van der Waals surface area contributed by atoms with Crippen molar-refractivity contribution in [3.8, 4) is 11.8 Å². The van der Waals surface area contributed by atoms with E-state index in [0.717, 1.165) is 23.1 Å². The van der Waals surface area contributed by atoms with Crippen LogP contribution in [0.25, 0.3) is 0 Å². The molecular formula is C20H23NO4S. The maximum absolute atomic E-state index is 10.4. The average Bonchev–Trinajstić information content (AvgIpc) is 3.22. The fourth-order valence-corrected chi connectivity index (χ4v) is 3.61. The summed E-state index contributed by atoms with van der Waals surface area (Å²) in [5, 5.41) is 8.58. The molecule has 1 fully saturated rings. The van der Waals surface area contributed by atoms with E-state index in [1.807, 2.05) is 19.1 Å². The summed E-state index contributed by atoms with van der Waals surface area (Å²) in [6.45, 7) is 1.96. The molecule has 26 heavy (non-hydrogen) atoms. The highest BCUT2D eigenvalue weighted by atomic mass is 32.2. The zero-order valence-corrected chi connectivity index (χ0v) is 15.7. The fourth-order valence-electron chi connectivity index (χ4n) is 3.16. The Kier molecular flexibility index (Phi) is 6.45. The molecule has 3 rings (SSSR count). The van der Waals surface area contributed by atoms with E-state index >= 15 is 0 Å². The van der Waals surface area contributed by atoms with Crippen LogP contribution in [-0.2, 0) is 11.2 Å². The monoisotopic (exact) mass is 373 g/mol. The second kappa shape index (κ2) is 9.00. The number of nitrogens with zero attached hydrogens (tertiary/aromatic N) is 1. The lowest BCUT2D eigenvalue weighted by Crippen LogP contribution is -2.04. The number of carbonyl (C=O) groups is 1. The van der Waals surface area contributed by atoms with Crippen LogP contribution in [0.3, 0.4) is 0 Å². The minimum absolute atomic E-state index is 0.0623. The number of carboxylic acid groups (broad SMARTS) is 1. The summed E-state index contributed by atoms with van der Waals surface area (Å²) < 4.78 is 11.7. The molecule has 0 amide bonds. The highest BCUT2D eigenvalue weighted by molar-refractivity contribution is 8.00. The second-order valence-corrected chi connectivity index (χ2v) is 7.51. The summed E-state index contributed by atoms with van der Waals surface area (Å²) in [5.41, 5.74) is 0.927. The Morgan fingerprint density at radius 1 is 1.31 bits per heavy atom. The summed E-state index contributed by atoms with van der Waals surface area (Å²) in [6, 6.07) is 3.74. The predicted molar refractivity (Wildman–Crippen MR) is 100 cm³/mol. The standard InChI is InChI=1S/C20H23NO4S/c1-14-18(21-20(24-14)15-6-3-2-4-7-15)12-17-10-9-16(25-17)8-5-11-26-13-19(22)23/h9-10,15H,2-4,6-7,11-13H2,1H3,(H,22,23). The molecule has 0 saturated heterocycles. The molecule has 1 saturated carbocycles. The summed E-state index contributed by atoms with van der Waals surface area (Å²) in [7, 11) is 0. The van der Waals surface area contributed by atoms with Crippen LogP contribution >= 0.6 is 11.8 Å². The largest absolute Gasteiger partial charge is 0.481 e. The maximum atomic E-state index is 10.4. The highest BCUT2D eigenvalue weighted by Gasteiger charge is 2.22. The van der Waals surface area contributed by atoms with Gasteiger partial charge in [-0.1, -0.05) is 25.2 Å². The van der Waals surface area contributed by atoms with Gasteiger partial charge in [0.15, 0.2) is 11.7 Å². The van der Waals surface area contributed by atoms with Crippen molar-refractivity contribution in [1.29, 1.82) is 0 Å². The van der Waals surface area contributed by atoms with Gasteiger partial charge in [0.05, 0.1) is 23.6 Å². The third kappa shape index (κ3) is 5.18. The quantitative estimate of drug-likeness (QED) is 0.598. The Labute approximate surface area is 157 Å². The van der Waals surface area contributed by atoms with Crippen molar-refractivity contribution < 1.29 is 18.7 Å². The molecule has 0 atom stereocenters. The zero-order valence-electron chi connectivity index (χ0n) is 14.9. The first-order chi connectivity index (χ1) is 12.6. The minimum atomic E-state index is -0.826. The summed E-state index contributed by atoms with van der Waals surface area (Å²) >= 11 is 1.27. The van der Waals surface area contributed by atoms with Gasteiger partial charge in [-0.15, -0.1) is 11.8 Å². The van der Waals surface area contributed by atoms with Crippen molar-refractivity contribution in [1.82, 2.24) is 4.98 Å². The molecule has 0 bridgehead atoms. The van der Waals surface area contributed by atoms with Gasteiger partial charge in [0.1, 0.15) is 11.5 Å². The number of aliphatic carboxylic acids is 1. The molecule has 2 aromatic heterocycles. The number of hydrogen-bond donors (Lipinski definition) is 1. The van der Waals surface area contributed by atoms with Crippen LogP contribution < -0.4 is 0 Å². The van der Waals surface area contributed by atoms with Gasteiger partial charge in [0.2, 0.25) is 0 Å². The van der Waals surface area contributed by atoms with Gasteiger partial charge in [-0.3, -0.25) is 4.79 Å². The van der Waals surface area contributed by atoms with E-state index in [4.69, 9.17) is 18.9 Å². The molecule has 1 aliphatic rings. The number of furan rings is 1. The molecule has 2 heterocycles. The zero-order chi connectivity index (χ0) is 18.4. The molecule has 1 N–H and O–H groups in total. The molecule has 0 spiro atoms. The third-order valence-electron chi connectivity index (χ3n) is 4.48. The molecule has 138 valence electrons. The molecule has 6 heteroatoms. The summed E-state index contributed by atoms with van der Waals surface area (Å²) in [4.78, 5) is 15.2. The molecule has 0 aromatic carbocycles. The minimum Gasteiger partial charge on any atom is -0.481 e. The number of thioether (sulfide) groups is 1. The first-order valence-electron chi connectivity index (χ1n) is 8.95. The Bertz CT molecular complexity index is 805. The van der Waals surface area contributed by atoms with Crippen molar-refractivity contribution >= 4 is 17.7 Å². The molecule has 5 nitrogen and oxygen atoms in total. The number of oxazole rings is 1. The van der Waals surface area contributed by atoms with Crippen molar-refractivity contribution in [2.75, 3.05) is 11.5 Å². The van der Waals surface area contributed by atoms with E-state index in [1.165, 1.54) is 43.9 Å². The maximum Gasteiger partial charge on any atom is 0.313 e. The van der Waals surface area contributed by atoms with Crippen LogP contribution in [0, 0.1) is 18.8 Å². The van der Waals surface area contributed by atoms with Crippen LogP contribution in [0.1, 0.15) is 66.9 Å². The van der Waals surface area contributed by atoms with Gasteiger partial charge in [-0.2, -0.15) is 0 Å². The van der Waals surface area contributed by atoms with Gasteiger partial charge >= 0.3 is 5.97 Å². The first-order valence-corrected chi connectivity index (χ1v) is 10.1. The molecular weight excluding hydrogens is 350 g/mol. The van der Waals surface area contributed by atoms with E-state index in [-0.39, 0.29) is 5.75 Å². The SMILES string of the molecule is Cc1oc(C2CCCCC2)nc1Cc1ccc(C#CCSCC(=O)O)o1. The Hall–Kier alpha value is -2.13. The molecule has 2 aromatic rings. The number of hydrogen-bond acceptors (Lipinski definition) is 5. The second-order valence-electron chi connectivity index (χ2n) is 6.52. The van der Waals surface area contributed by atoms with E-state index in [0.29, 0.717) is 23.9 Å². The van der Waals surface area contributed by atoms with E-state index in [9.17, 15) is 4.79 Å². The Balaban J connectivity index is 1.58. The Morgan fingerprint density at radius 3 is 2.88 bits per heavy atom. The van der Waals surface area contributed by atoms with Crippen molar-refractivity contribution in [2.45, 2.75) is 51.4 Å². The number of carboxylic acids is 1. The average molecular weight is 373 g/mol.